The Hall–Kier alpha value is -2.95. The predicted octanol–water partition coefficient (Wildman–Crippen LogP) is 3.47. The molecular weight excluding hydrogens is 517 g/mol. The van der Waals surface area contributed by atoms with Crippen molar-refractivity contribution < 1.29 is 4.79 Å². The Bertz CT molecular complexity index is 1030. The van der Waals surface area contributed by atoms with Crippen LogP contribution in [0, 0.1) is 0 Å². The Labute approximate surface area is 205 Å². The molecule has 8 nitrogen and oxygen atoms in total. The highest BCUT2D eigenvalue weighted by Crippen LogP contribution is 2.21. The van der Waals surface area contributed by atoms with Crippen molar-refractivity contribution in [1.29, 1.82) is 0 Å². The second-order valence-corrected chi connectivity index (χ2v) is 7.40. The van der Waals surface area contributed by atoms with Crippen molar-refractivity contribution in [2.45, 2.75) is 32.9 Å². The van der Waals surface area contributed by atoms with E-state index in [1.165, 1.54) is 6.33 Å². The lowest BCUT2D eigenvalue weighted by Gasteiger charge is -2.16. The zero-order valence-corrected chi connectivity index (χ0v) is 20.4. The molecule has 1 aromatic heterocycles. The van der Waals surface area contributed by atoms with E-state index in [0.29, 0.717) is 19.5 Å². The van der Waals surface area contributed by atoms with Crippen LogP contribution in [0.3, 0.4) is 0 Å². The lowest BCUT2D eigenvalue weighted by molar-refractivity contribution is -0.117. The SMILES string of the molecule is CCNC(=NCc1cccc(-c2ncn[nH]2)c1)NCc1ccc(N2CCCC2=O)cc1.I. The van der Waals surface area contributed by atoms with Gasteiger partial charge in [-0.1, -0.05) is 30.3 Å². The fourth-order valence-corrected chi connectivity index (χ4v) is 3.57. The van der Waals surface area contributed by atoms with Gasteiger partial charge in [-0.3, -0.25) is 9.89 Å². The van der Waals surface area contributed by atoms with Crippen LogP contribution < -0.4 is 15.5 Å². The number of hydrogen-bond donors (Lipinski definition) is 3. The van der Waals surface area contributed by atoms with Crippen LogP contribution in [-0.4, -0.2) is 40.1 Å². The largest absolute Gasteiger partial charge is 0.357 e. The van der Waals surface area contributed by atoms with Gasteiger partial charge in [-0.2, -0.15) is 5.10 Å². The maximum atomic E-state index is 11.9. The normalized spacial score (nSPS) is 13.7. The van der Waals surface area contributed by atoms with Crippen molar-refractivity contribution in [2.24, 2.45) is 4.99 Å². The number of nitrogens with one attached hydrogen (secondary N) is 3. The van der Waals surface area contributed by atoms with Gasteiger partial charge >= 0.3 is 0 Å². The Morgan fingerprint density at radius 1 is 1.16 bits per heavy atom. The molecule has 1 aliphatic heterocycles. The van der Waals surface area contributed by atoms with E-state index in [9.17, 15) is 4.79 Å². The first kappa shape index (κ1) is 23.7. The van der Waals surface area contributed by atoms with E-state index in [0.717, 1.165) is 53.7 Å². The van der Waals surface area contributed by atoms with Gasteiger partial charge in [0.05, 0.1) is 6.54 Å². The first-order valence-electron chi connectivity index (χ1n) is 10.6. The number of hydrogen-bond acceptors (Lipinski definition) is 4. The minimum Gasteiger partial charge on any atom is -0.357 e. The highest BCUT2D eigenvalue weighted by atomic mass is 127. The van der Waals surface area contributed by atoms with Crippen molar-refractivity contribution in [3.8, 4) is 11.4 Å². The van der Waals surface area contributed by atoms with Crippen LogP contribution in [-0.2, 0) is 17.9 Å². The third-order valence-electron chi connectivity index (χ3n) is 5.16. The topological polar surface area (TPSA) is 98.3 Å². The molecule has 9 heteroatoms. The number of guanidine groups is 1. The molecule has 0 spiro atoms. The van der Waals surface area contributed by atoms with Gasteiger partial charge in [0.15, 0.2) is 11.8 Å². The summed E-state index contributed by atoms with van der Waals surface area (Å²) in [6.07, 6.45) is 3.09. The van der Waals surface area contributed by atoms with Crippen molar-refractivity contribution in [3.05, 3.63) is 66.0 Å². The minimum atomic E-state index is 0. The summed E-state index contributed by atoms with van der Waals surface area (Å²) >= 11 is 0. The Kier molecular flexibility index (Phi) is 8.60. The molecule has 1 amide bonds. The molecule has 0 unspecified atom stereocenters. The molecule has 3 aromatic rings. The number of nitrogens with zero attached hydrogens (tertiary/aromatic N) is 4. The number of aromatic nitrogens is 3. The van der Waals surface area contributed by atoms with E-state index in [4.69, 9.17) is 4.99 Å². The average molecular weight is 545 g/mol. The second kappa shape index (κ2) is 11.6. The number of aromatic amines is 1. The van der Waals surface area contributed by atoms with Crippen molar-refractivity contribution >= 4 is 41.5 Å². The van der Waals surface area contributed by atoms with Crippen molar-refractivity contribution in [2.75, 3.05) is 18.0 Å². The van der Waals surface area contributed by atoms with Gasteiger partial charge in [0.2, 0.25) is 5.91 Å². The summed E-state index contributed by atoms with van der Waals surface area (Å²) in [5.74, 6) is 1.71. The van der Waals surface area contributed by atoms with Crippen LogP contribution in [0.5, 0.6) is 0 Å². The third-order valence-corrected chi connectivity index (χ3v) is 5.16. The smallest absolute Gasteiger partial charge is 0.227 e. The van der Waals surface area contributed by atoms with Gasteiger partial charge in [-0.15, -0.1) is 24.0 Å². The zero-order valence-electron chi connectivity index (χ0n) is 18.0. The first-order valence-corrected chi connectivity index (χ1v) is 10.6. The molecule has 1 fully saturated rings. The summed E-state index contributed by atoms with van der Waals surface area (Å²) in [7, 11) is 0. The molecule has 4 rings (SSSR count). The second-order valence-electron chi connectivity index (χ2n) is 7.40. The van der Waals surface area contributed by atoms with E-state index < -0.39 is 0 Å². The van der Waals surface area contributed by atoms with E-state index in [1.54, 1.807) is 0 Å². The molecule has 0 radical (unpaired) electrons. The molecule has 0 aliphatic carbocycles. The first-order chi connectivity index (χ1) is 15.2. The predicted molar refractivity (Wildman–Crippen MR) is 137 cm³/mol. The maximum absolute atomic E-state index is 11.9. The molecule has 3 N–H and O–H groups in total. The van der Waals surface area contributed by atoms with E-state index in [2.05, 4.69) is 44.0 Å². The Morgan fingerprint density at radius 3 is 2.69 bits per heavy atom. The monoisotopic (exact) mass is 545 g/mol. The number of H-pyrrole nitrogens is 1. The minimum absolute atomic E-state index is 0. The van der Waals surface area contributed by atoms with Gasteiger partial charge in [-0.25, -0.2) is 9.98 Å². The van der Waals surface area contributed by atoms with E-state index in [1.807, 2.05) is 42.2 Å². The number of anilines is 1. The van der Waals surface area contributed by atoms with Gasteiger partial charge in [0, 0.05) is 37.3 Å². The summed E-state index contributed by atoms with van der Waals surface area (Å²) in [6.45, 7) is 4.83. The van der Waals surface area contributed by atoms with E-state index >= 15 is 0 Å². The molecule has 32 heavy (non-hydrogen) atoms. The lowest BCUT2D eigenvalue weighted by Crippen LogP contribution is -2.36. The number of carbonyl (C=O) groups is 1. The standard InChI is InChI=1S/C23H27N7O.HI/c1-2-24-23(26-15-18-5-3-6-19(13-18)22-27-16-28-29-22)25-14-17-8-10-20(11-9-17)30-12-4-7-21(30)31;/h3,5-6,8-11,13,16H,2,4,7,12,14-15H2,1H3,(H2,24,25,26)(H,27,28,29);1H. The summed E-state index contributed by atoms with van der Waals surface area (Å²) in [6, 6.07) is 16.2. The highest BCUT2D eigenvalue weighted by molar-refractivity contribution is 14.0. The number of amides is 1. The lowest BCUT2D eigenvalue weighted by atomic mass is 10.1. The average Bonchev–Trinajstić information content (AvgIpc) is 3.48. The molecule has 0 saturated carbocycles. The summed E-state index contributed by atoms with van der Waals surface area (Å²) in [4.78, 5) is 22.7. The molecule has 0 bridgehead atoms. The summed E-state index contributed by atoms with van der Waals surface area (Å²) < 4.78 is 0. The van der Waals surface area contributed by atoms with Crippen molar-refractivity contribution in [3.63, 3.8) is 0 Å². The maximum Gasteiger partial charge on any atom is 0.227 e. The van der Waals surface area contributed by atoms with Crippen molar-refractivity contribution in [1.82, 2.24) is 25.8 Å². The molecule has 2 heterocycles. The number of carbonyl (C=O) groups excluding carboxylic acids is 1. The zero-order chi connectivity index (χ0) is 21.5. The third kappa shape index (κ3) is 6.06. The molecule has 1 aliphatic rings. The molecule has 0 atom stereocenters. The number of rotatable bonds is 7. The molecule has 2 aromatic carbocycles. The quantitative estimate of drug-likeness (QED) is 0.240. The van der Waals surface area contributed by atoms with Crippen LogP contribution in [0.15, 0.2) is 59.9 Å². The van der Waals surface area contributed by atoms with Gasteiger partial charge in [-0.05, 0) is 42.7 Å². The van der Waals surface area contributed by atoms with Crippen LogP contribution in [0.25, 0.3) is 11.4 Å². The Balaban J connectivity index is 0.00000289. The molecule has 1 saturated heterocycles. The van der Waals surface area contributed by atoms with Gasteiger partial charge in [0.1, 0.15) is 6.33 Å². The Morgan fingerprint density at radius 2 is 2.00 bits per heavy atom. The summed E-state index contributed by atoms with van der Waals surface area (Å²) in [5.41, 5.74) is 4.18. The fourth-order valence-electron chi connectivity index (χ4n) is 3.57. The van der Waals surface area contributed by atoms with Crippen LogP contribution >= 0.6 is 24.0 Å². The van der Waals surface area contributed by atoms with Crippen LogP contribution in [0.1, 0.15) is 30.9 Å². The van der Waals surface area contributed by atoms with Crippen LogP contribution in [0.2, 0.25) is 0 Å². The van der Waals surface area contributed by atoms with Gasteiger partial charge in [0.25, 0.3) is 0 Å². The number of benzene rings is 2. The number of halogens is 1. The molecule has 168 valence electrons. The number of aliphatic imine (C=N–C) groups is 1. The molecular formula is C23H28IN7O. The van der Waals surface area contributed by atoms with E-state index in [-0.39, 0.29) is 29.9 Å². The van der Waals surface area contributed by atoms with Gasteiger partial charge < -0.3 is 15.5 Å². The van der Waals surface area contributed by atoms with Crippen LogP contribution in [0.4, 0.5) is 5.69 Å². The highest BCUT2D eigenvalue weighted by Gasteiger charge is 2.21. The summed E-state index contributed by atoms with van der Waals surface area (Å²) in [5, 5.41) is 13.5. The fraction of sp³-hybridized carbons (Fsp3) is 0.304.